The van der Waals surface area contributed by atoms with Crippen LogP contribution in [0.4, 0.5) is 0 Å². The van der Waals surface area contributed by atoms with Gasteiger partial charge in [-0.25, -0.2) is 4.79 Å². The highest BCUT2D eigenvalue weighted by atomic mass is 16.5. The third-order valence-corrected chi connectivity index (χ3v) is 4.02. The Balaban J connectivity index is 2.02. The van der Waals surface area contributed by atoms with Crippen LogP contribution in [0.1, 0.15) is 38.5 Å². The predicted octanol–water partition coefficient (Wildman–Crippen LogP) is 2.05. The van der Waals surface area contributed by atoms with E-state index < -0.39 is 0 Å². The second-order valence-corrected chi connectivity index (χ2v) is 4.94. The van der Waals surface area contributed by atoms with Gasteiger partial charge in [0.2, 0.25) is 0 Å². The molecule has 0 spiro atoms. The van der Waals surface area contributed by atoms with Gasteiger partial charge in [-0.15, -0.1) is 0 Å². The number of hydrogen-bond donors (Lipinski definition) is 1. The molecule has 2 rings (SSSR count). The second-order valence-electron chi connectivity index (χ2n) is 4.94. The highest BCUT2D eigenvalue weighted by molar-refractivity contribution is 5.81. The minimum Gasteiger partial charge on any atom is -0.459 e. The Bertz CT molecular complexity index is 274. The number of esters is 1. The van der Waals surface area contributed by atoms with Crippen LogP contribution in [0.3, 0.4) is 0 Å². The molecule has 0 aliphatic heterocycles. The maximum absolute atomic E-state index is 11.2. The average molecular weight is 224 g/mol. The van der Waals surface area contributed by atoms with E-state index in [4.69, 9.17) is 4.74 Å². The molecule has 4 atom stereocenters. The van der Waals surface area contributed by atoms with E-state index >= 15 is 0 Å². The van der Waals surface area contributed by atoms with Gasteiger partial charge in [0.1, 0.15) is 6.10 Å². The van der Waals surface area contributed by atoms with Crippen LogP contribution in [-0.4, -0.2) is 23.3 Å². The Morgan fingerprint density at radius 3 is 2.62 bits per heavy atom. The topological polar surface area (TPSA) is 46.5 Å². The number of carbonyl (C=O) groups is 1. The quantitative estimate of drug-likeness (QED) is 0.577. The molecule has 0 heterocycles. The van der Waals surface area contributed by atoms with Gasteiger partial charge in [-0.05, 0) is 38.0 Å². The predicted molar refractivity (Wildman–Crippen MR) is 60.8 cm³/mol. The van der Waals surface area contributed by atoms with Crippen molar-refractivity contribution in [3.05, 3.63) is 12.7 Å². The molecule has 0 bridgehead atoms. The van der Waals surface area contributed by atoms with Gasteiger partial charge in [-0.3, -0.25) is 0 Å². The van der Waals surface area contributed by atoms with E-state index in [0.717, 1.165) is 38.5 Å². The molecular weight excluding hydrogens is 204 g/mol. The Labute approximate surface area is 96.5 Å². The van der Waals surface area contributed by atoms with Crippen molar-refractivity contribution in [2.24, 2.45) is 11.8 Å². The SMILES string of the molecule is C=CC(=O)O[C@@H]1CCCC2[C@H](O)CCC[C@@H]21. The number of ether oxygens (including phenoxy) is 1. The zero-order valence-corrected chi connectivity index (χ0v) is 9.60. The normalized spacial score (nSPS) is 38.6. The van der Waals surface area contributed by atoms with Gasteiger partial charge in [0.05, 0.1) is 6.10 Å². The van der Waals surface area contributed by atoms with E-state index in [1.807, 2.05) is 0 Å². The van der Waals surface area contributed by atoms with Gasteiger partial charge in [-0.1, -0.05) is 13.0 Å². The maximum atomic E-state index is 11.2. The number of rotatable bonds is 2. The first-order valence-corrected chi connectivity index (χ1v) is 6.23. The summed E-state index contributed by atoms with van der Waals surface area (Å²) in [5.74, 6) is 0.372. The third-order valence-electron chi connectivity index (χ3n) is 4.02. The molecule has 3 nitrogen and oxygen atoms in total. The van der Waals surface area contributed by atoms with Crippen molar-refractivity contribution in [3.8, 4) is 0 Å². The lowest BCUT2D eigenvalue weighted by molar-refractivity contribution is -0.153. The van der Waals surface area contributed by atoms with Crippen LogP contribution in [0.2, 0.25) is 0 Å². The van der Waals surface area contributed by atoms with E-state index in [1.165, 1.54) is 6.08 Å². The molecule has 2 aliphatic rings. The second kappa shape index (κ2) is 5.00. The first-order valence-electron chi connectivity index (χ1n) is 6.23. The molecule has 1 unspecified atom stereocenters. The fourth-order valence-electron chi connectivity index (χ4n) is 3.26. The van der Waals surface area contributed by atoms with Crippen LogP contribution in [0.15, 0.2) is 12.7 Å². The van der Waals surface area contributed by atoms with Crippen LogP contribution in [-0.2, 0) is 9.53 Å². The van der Waals surface area contributed by atoms with Crippen molar-refractivity contribution in [3.63, 3.8) is 0 Å². The van der Waals surface area contributed by atoms with E-state index in [0.29, 0.717) is 11.8 Å². The van der Waals surface area contributed by atoms with Crippen LogP contribution >= 0.6 is 0 Å². The molecule has 0 aromatic carbocycles. The first-order chi connectivity index (χ1) is 7.72. The molecule has 1 N–H and O–H groups in total. The molecule has 0 aromatic rings. The minimum atomic E-state index is -0.328. The molecule has 90 valence electrons. The summed E-state index contributed by atoms with van der Waals surface area (Å²) in [5.41, 5.74) is 0. The first kappa shape index (κ1) is 11.6. The fourth-order valence-corrected chi connectivity index (χ4v) is 3.26. The number of fused-ring (bicyclic) bond motifs is 1. The molecular formula is C13H20O3. The Morgan fingerprint density at radius 1 is 1.19 bits per heavy atom. The summed E-state index contributed by atoms with van der Waals surface area (Å²) < 4.78 is 5.39. The smallest absolute Gasteiger partial charge is 0.330 e. The van der Waals surface area contributed by atoms with Crippen LogP contribution in [0, 0.1) is 11.8 Å². The molecule has 0 amide bonds. The molecule has 2 fully saturated rings. The molecule has 16 heavy (non-hydrogen) atoms. The molecule has 3 heteroatoms. The summed E-state index contributed by atoms with van der Waals surface area (Å²) in [4.78, 5) is 11.2. The van der Waals surface area contributed by atoms with Crippen molar-refractivity contribution in [2.45, 2.75) is 50.7 Å². The summed E-state index contributed by atoms with van der Waals surface area (Å²) in [6.45, 7) is 3.42. The molecule has 0 radical (unpaired) electrons. The van der Waals surface area contributed by atoms with E-state index in [1.54, 1.807) is 0 Å². The van der Waals surface area contributed by atoms with Crippen molar-refractivity contribution in [1.82, 2.24) is 0 Å². The van der Waals surface area contributed by atoms with Crippen LogP contribution in [0.5, 0.6) is 0 Å². The standard InChI is InChI=1S/C13H20O3/c1-2-13(15)16-12-8-4-5-9-10(12)6-3-7-11(9)14/h2,9-12,14H,1,3-8H2/t9?,10-,11+,12+/m0/s1. The summed E-state index contributed by atoms with van der Waals surface area (Å²) in [5, 5.41) is 9.95. The van der Waals surface area contributed by atoms with Gasteiger partial charge in [-0.2, -0.15) is 0 Å². The number of aliphatic hydroxyl groups is 1. The van der Waals surface area contributed by atoms with Gasteiger partial charge >= 0.3 is 5.97 Å². The third kappa shape index (κ3) is 2.29. The fraction of sp³-hybridized carbons (Fsp3) is 0.769. The lowest BCUT2D eigenvalue weighted by Gasteiger charge is -2.43. The maximum Gasteiger partial charge on any atom is 0.330 e. The minimum absolute atomic E-state index is 0.000741. The van der Waals surface area contributed by atoms with Crippen molar-refractivity contribution in [2.75, 3.05) is 0 Å². The van der Waals surface area contributed by atoms with Crippen LogP contribution in [0.25, 0.3) is 0 Å². The molecule has 0 aromatic heterocycles. The van der Waals surface area contributed by atoms with E-state index in [9.17, 15) is 9.90 Å². The number of carbonyl (C=O) groups excluding carboxylic acids is 1. The van der Waals surface area contributed by atoms with Crippen molar-refractivity contribution < 1.29 is 14.6 Å². The summed E-state index contributed by atoms with van der Waals surface area (Å²) in [6, 6.07) is 0. The Kier molecular flexibility index (Phi) is 3.64. The number of aliphatic hydroxyl groups excluding tert-OH is 1. The van der Waals surface area contributed by atoms with E-state index in [-0.39, 0.29) is 18.2 Å². The lowest BCUT2D eigenvalue weighted by atomic mass is 9.68. The number of hydrogen-bond acceptors (Lipinski definition) is 3. The lowest BCUT2D eigenvalue weighted by Crippen LogP contribution is -2.43. The molecule has 2 saturated carbocycles. The zero-order valence-electron chi connectivity index (χ0n) is 9.60. The van der Waals surface area contributed by atoms with Gasteiger partial charge < -0.3 is 9.84 Å². The molecule has 2 aliphatic carbocycles. The highest BCUT2D eigenvalue weighted by Crippen LogP contribution is 2.41. The van der Waals surface area contributed by atoms with Gasteiger partial charge in [0, 0.05) is 12.0 Å². The summed E-state index contributed by atoms with van der Waals surface area (Å²) in [6.07, 6.45) is 7.13. The highest BCUT2D eigenvalue weighted by Gasteiger charge is 2.40. The van der Waals surface area contributed by atoms with Crippen molar-refractivity contribution in [1.29, 1.82) is 0 Å². The van der Waals surface area contributed by atoms with E-state index in [2.05, 4.69) is 6.58 Å². The Morgan fingerprint density at radius 2 is 1.88 bits per heavy atom. The van der Waals surface area contributed by atoms with Crippen molar-refractivity contribution >= 4 is 5.97 Å². The van der Waals surface area contributed by atoms with Crippen LogP contribution < -0.4 is 0 Å². The summed E-state index contributed by atoms with van der Waals surface area (Å²) in [7, 11) is 0. The van der Waals surface area contributed by atoms with Gasteiger partial charge in [0.15, 0.2) is 0 Å². The largest absolute Gasteiger partial charge is 0.459 e. The monoisotopic (exact) mass is 224 g/mol. The molecule has 0 saturated heterocycles. The zero-order chi connectivity index (χ0) is 11.5. The van der Waals surface area contributed by atoms with Gasteiger partial charge in [0.25, 0.3) is 0 Å². The summed E-state index contributed by atoms with van der Waals surface area (Å²) >= 11 is 0. The Hall–Kier alpha value is -0.830. The average Bonchev–Trinajstić information content (AvgIpc) is 2.30.